The predicted molar refractivity (Wildman–Crippen MR) is 96.8 cm³/mol. The number of nitrogens with zero attached hydrogens (tertiary/aromatic N) is 1. The lowest BCUT2D eigenvalue weighted by Gasteiger charge is -2.10. The molecular weight excluding hydrogens is 324 g/mol. The summed E-state index contributed by atoms with van der Waals surface area (Å²) in [6.45, 7) is 4.87. The molecular formula is C18H22N2O3S. The van der Waals surface area contributed by atoms with Gasteiger partial charge in [-0.25, -0.2) is 0 Å². The van der Waals surface area contributed by atoms with E-state index < -0.39 is 0 Å². The third-order valence-corrected chi connectivity index (χ3v) is 4.24. The lowest BCUT2D eigenvalue weighted by Crippen LogP contribution is -2.29. The third-order valence-electron chi connectivity index (χ3n) is 3.26. The molecule has 24 heavy (non-hydrogen) atoms. The van der Waals surface area contributed by atoms with Gasteiger partial charge in [-0.3, -0.25) is 4.79 Å². The highest BCUT2D eigenvalue weighted by molar-refractivity contribution is 7.12. The molecule has 2 rings (SSSR count). The lowest BCUT2D eigenvalue weighted by molar-refractivity contribution is -0.125. The summed E-state index contributed by atoms with van der Waals surface area (Å²) in [6, 6.07) is 11.8. The van der Waals surface area contributed by atoms with Crippen LogP contribution in [-0.2, 0) is 16.1 Å². The Balaban J connectivity index is 1.71. The summed E-state index contributed by atoms with van der Waals surface area (Å²) in [5.74, 6) is 0.674. The molecule has 1 aromatic heterocycles. The number of hydrogen-bond donors (Lipinski definition) is 1. The Morgan fingerprint density at radius 3 is 2.83 bits per heavy atom. The standard InChI is InChI=1S/C18H22N2O3S/c1-3-22-16-8-5-4-7-15(16)10-11-19-18(21)13-23-20-14(2)17-9-6-12-24-17/h4-9,12H,3,10-11,13H2,1-2H3,(H,19,21). The molecule has 1 amide bonds. The fraction of sp³-hybridized carbons (Fsp3) is 0.333. The predicted octanol–water partition coefficient (Wildman–Crippen LogP) is 3.25. The Hall–Kier alpha value is -2.34. The Kier molecular flexibility index (Phi) is 7.29. The summed E-state index contributed by atoms with van der Waals surface area (Å²) >= 11 is 1.58. The molecule has 0 bridgehead atoms. The molecule has 0 unspecified atom stereocenters. The number of amides is 1. The second-order valence-electron chi connectivity index (χ2n) is 5.07. The molecule has 5 nitrogen and oxygen atoms in total. The zero-order valence-corrected chi connectivity index (χ0v) is 14.8. The van der Waals surface area contributed by atoms with Crippen molar-refractivity contribution in [2.75, 3.05) is 19.8 Å². The number of ether oxygens (including phenoxy) is 1. The number of oxime groups is 1. The van der Waals surface area contributed by atoms with Crippen molar-refractivity contribution in [2.45, 2.75) is 20.3 Å². The molecule has 1 aromatic carbocycles. The molecule has 2 aromatic rings. The topological polar surface area (TPSA) is 59.9 Å². The smallest absolute Gasteiger partial charge is 0.260 e. The number of carbonyl (C=O) groups excluding carboxylic acids is 1. The zero-order chi connectivity index (χ0) is 17.2. The number of thiophene rings is 1. The molecule has 0 fully saturated rings. The van der Waals surface area contributed by atoms with Gasteiger partial charge in [0.05, 0.1) is 17.2 Å². The Bertz CT molecular complexity index is 669. The van der Waals surface area contributed by atoms with Gasteiger partial charge >= 0.3 is 0 Å². The highest BCUT2D eigenvalue weighted by Gasteiger charge is 2.05. The molecule has 0 saturated carbocycles. The van der Waals surface area contributed by atoms with Crippen molar-refractivity contribution in [2.24, 2.45) is 5.16 Å². The number of hydrogen-bond acceptors (Lipinski definition) is 5. The average Bonchev–Trinajstić information content (AvgIpc) is 3.11. The van der Waals surface area contributed by atoms with Crippen molar-refractivity contribution in [1.29, 1.82) is 0 Å². The number of nitrogens with one attached hydrogen (secondary N) is 1. The van der Waals surface area contributed by atoms with E-state index in [0.29, 0.717) is 19.6 Å². The first-order chi connectivity index (χ1) is 11.7. The van der Waals surface area contributed by atoms with E-state index in [9.17, 15) is 4.79 Å². The molecule has 0 aliphatic carbocycles. The maximum atomic E-state index is 11.8. The van der Waals surface area contributed by atoms with Gasteiger partial charge in [0.2, 0.25) is 0 Å². The normalized spacial score (nSPS) is 11.2. The first kappa shape index (κ1) is 18.0. The maximum Gasteiger partial charge on any atom is 0.260 e. The summed E-state index contributed by atoms with van der Waals surface area (Å²) in [5.41, 5.74) is 1.84. The van der Waals surface area contributed by atoms with Crippen LogP contribution in [0.4, 0.5) is 0 Å². The molecule has 0 atom stereocenters. The van der Waals surface area contributed by atoms with Crippen LogP contribution in [0.1, 0.15) is 24.3 Å². The van der Waals surface area contributed by atoms with Crippen molar-refractivity contribution >= 4 is 23.0 Å². The molecule has 0 radical (unpaired) electrons. The minimum absolute atomic E-state index is 0.0875. The molecule has 1 N–H and O–H groups in total. The molecule has 128 valence electrons. The fourth-order valence-corrected chi connectivity index (χ4v) is 2.78. The first-order valence-electron chi connectivity index (χ1n) is 7.88. The van der Waals surface area contributed by atoms with E-state index in [-0.39, 0.29) is 12.5 Å². The largest absolute Gasteiger partial charge is 0.494 e. The maximum absolute atomic E-state index is 11.8. The van der Waals surface area contributed by atoms with Crippen LogP contribution < -0.4 is 10.1 Å². The van der Waals surface area contributed by atoms with Gasteiger partial charge in [-0.15, -0.1) is 11.3 Å². The zero-order valence-electron chi connectivity index (χ0n) is 14.0. The van der Waals surface area contributed by atoms with Crippen LogP contribution in [0.15, 0.2) is 46.9 Å². The van der Waals surface area contributed by atoms with E-state index in [2.05, 4.69) is 10.5 Å². The van der Waals surface area contributed by atoms with Gasteiger partial charge in [0.15, 0.2) is 6.61 Å². The number of benzene rings is 1. The van der Waals surface area contributed by atoms with Crippen LogP contribution in [0.3, 0.4) is 0 Å². The Morgan fingerprint density at radius 1 is 1.25 bits per heavy atom. The van der Waals surface area contributed by atoms with E-state index in [1.54, 1.807) is 11.3 Å². The number of para-hydroxylation sites is 1. The van der Waals surface area contributed by atoms with Gasteiger partial charge in [0, 0.05) is 6.54 Å². The van der Waals surface area contributed by atoms with Crippen molar-refractivity contribution < 1.29 is 14.4 Å². The highest BCUT2D eigenvalue weighted by atomic mass is 32.1. The molecule has 0 aliphatic rings. The summed E-state index contributed by atoms with van der Waals surface area (Å²) in [6.07, 6.45) is 0.708. The fourth-order valence-electron chi connectivity index (χ4n) is 2.11. The van der Waals surface area contributed by atoms with Crippen molar-refractivity contribution in [1.82, 2.24) is 5.32 Å². The molecule has 6 heteroatoms. The molecule has 1 heterocycles. The second kappa shape index (κ2) is 9.72. The van der Waals surface area contributed by atoms with Gasteiger partial charge in [-0.1, -0.05) is 29.4 Å². The monoisotopic (exact) mass is 346 g/mol. The van der Waals surface area contributed by atoms with E-state index in [1.807, 2.05) is 55.6 Å². The Labute approximate surface area is 146 Å². The SMILES string of the molecule is CCOc1ccccc1CCNC(=O)CON=C(C)c1cccs1. The van der Waals surface area contributed by atoms with Gasteiger partial charge in [0.1, 0.15) is 5.75 Å². The quantitative estimate of drug-likeness (QED) is 0.560. The van der Waals surface area contributed by atoms with Crippen molar-refractivity contribution in [3.05, 3.63) is 52.2 Å². The van der Waals surface area contributed by atoms with Crippen LogP contribution in [0.5, 0.6) is 5.75 Å². The van der Waals surface area contributed by atoms with Crippen LogP contribution in [-0.4, -0.2) is 31.4 Å². The van der Waals surface area contributed by atoms with E-state index in [0.717, 1.165) is 21.9 Å². The van der Waals surface area contributed by atoms with Crippen LogP contribution in [0, 0.1) is 0 Å². The van der Waals surface area contributed by atoms with E-state index >= 15 is 0 Å². The molecule has 0 aliphatic heterocycles. The van der Waals surface area contributed by atoms with E-state index in [1.165, 1.54) is 0 Å². The van der Waals surface area contributed by atoms with Gasteiger partial charge in [-0.05, 0) is 43.3 Å². The van der Waals surface area contributed by atoms with Crippen LogP contribution >= 0.6 is 11.3 Å². The van der Waals surface area contributed by atoms with Crippen LogP contribution in [0.2, 0.25) is 0 Å². The average molecular weight is 346 g/mol. The van der Waals surface area contributed by atoms with Crippen molar-refractivity contribution in [3.63, 3.8) is 0 Å². The third kappa shape index (κ3) is 5.70. The summed E-state index contributed by atoms with van der Waals surface area (Å²) < 4.78 is 5.57. The lowest BCUT2D eigenvalue weighted by atomic mass is 10.1. The molecule has 0 saturated heterocycles. The van der Waals surface area contributed by atoms with Gasteiger partial charge < -0.3 is 14.9 Å². The summed E-state index contributed by atoms with van der Waals surface area (Å²) in [4.78, 5) is 17.9. The van der Waals surface area contributed by atoms with Gasteiger partial charge in [-0.2, -0.15) is 0 Å². The second-order valence-corrected chi connectivity index (χ2v) is 6.02. The minimum Gasteiger partial charge on any atom is -0.494 e. The van der Waals surface area contributed by atoms with Crippen molar-refractivity contribution in [3.8, 4) is 5.75 Å². The van der Waals surface area contributed by atoms with Crippen LogP contribution in [0.25, 0.3) is 0 Å². The highest BCUT2D eigenvalue weighted by Crippen LogP contribution is 2.17. The van der Waals surface area contributed by atoms with Gasteiger partial charge in [0.25, 0.3) is 5.91 Å². The van der Waals surface area contributed by atoms with E-state index in [4.69, 9.17) is 9.57 Å². The number of carbonyl (C=O) groups is 1. The molecule has 0 spiro atoms. The number of rotatable bonds is 9. The first-order valence-corrected chi connectivity index (χ1v) is 8.76. The minimum atomic E-state index is -0.188. The summed E-state index contributed by atoms with van der Waals surface area (Å²) in [5, 5.41) is 8.75. The Morgan fingerprint density at radius 2 is 2.08 bits per heavy atom. The summed E-state index contributed by atoms with van der Waals surface area (Å²) in [7, 11) is 0.